The van der Waals surface area contributed by atoms with E-state index in [1.54, 1.807) is 29.2 Å². The van der Waals surface area contributed by atoms with Crippen LogP contribution >= 0.6 is 11.3 Å². The van der Waals surface area contributed by atoms with Crippen LogP contribution in [-0.2, 0) is 16.1 Å². The Bertz CT molecular complexity index is 1390. The highest BCUT2D eigenvalue weighted by Crippen LogP contribution is 2.35. The topological polar surface area (TPSA) is 70.6 Å². The van der Waals surface area contributed by atoms with Crippen LogP contribution in [-0.4, -0.2) is 22.7 Å². The van der Waals surface area contributed by atoms with E-state index < -0.39 is 0 Å². The van der Waals surface area contributed by atoms with Gasteiger partial charge in [-0.2, -0.15) is 0 Å². The van der Waals surface area contributed by atoms with E-state index in [1.165, 1.54) is 16.2 Å². The Kier molecular flexibility index (Phi) is 6.17. The zero-order valence-corrected chi connectivity index (χ0v) is 20.4. The summed E-state index contributed by atoms with van der Waals surface area (Å²) >= 11 is 1.50. The average molecular weight is 484 g/mol. The van der Waals surface area contributed by atoms with E-state index in [9.17, 15) is 14.4 Å². The SMILES string of the molecule is CC(C)c1cccc2sc(N(Cc3ccccc3)C(=O)c3ccc(N4C(=O)CCC4=O)cc3)nc12. The van der Waals surface area contributed by atoms with Gasteiger partial charge in [0.05, 0.1) is 22.4 Å². The smallest absolute Gasteiger partial charge is 0.260 e. The summed E-state index contributed by atoms with van der Waals surface area (Å²) in [4.78, 5) is 45.7. The monoisotopic (exact) mass is 483 g/mol. The molecule has 0 unspecified atom stereocenters. The van der Waals surface area contributed by atoms with Crippen molar-refractivity contribution < 1.29 is 14.4 Å². The molecular formula is C28H25N3O3S. The number of rotatable bonds is 6. The molecule has 5 rings (SSSR count). The minimum atomic E-state index is -0.213. The van der Waals surface area contributed by atoms with Crippen LogP contribution in [0, 0.1) is 0 Å². The molecule has 6 nitrogen and oxygen atoms in total. The highest BCUT2D eigenvalue weighted by atomic mass is 32.1. The minimum Gasteiger partial charge on any atom is -0.279 e. The number of carbonyl (C=O) groups is 3. The summed E-state index contributed by atoms with van der Waals surface area (Å²) in [5.74, 6) is -0.300. The molecule has 0 atom stereocenters. The molecule has 3 amide bonds. The fourth-order valence-electron chi connectivity index (χ4n) is 4.31. The molecule has 3 aromatic carbocycles. The molecule has 2 heterocycles. The van der Waals surface area contributed by atoms with Gasteiger partial charge in [-0.1, -0.05) is 67.6 Å². The van der Waals surface area contributed by atoms with Gasteiger partial charge in [-0.3, -0.25) is 24.2 Å². The van der Waals surface area contributed by atoms with Gasteiger partial charge in [0.1, 0.15) is 0 Å². The standard InChI is InChI=1S/C28H25N3O3S/c1-18(2)22-9-6-10-23-26(22)29-28(35-23)30(17-19-7-4-3-5-8-19)27(34)20-11-13-21(14-12-20)31-24(32)15-16-25(31)33/h3-14,18H,15-17H2,1-2H3. The quantitative estimate of drug-likeness (QED) is 0.319. The summed E-state index contributed by atoms with van der Waals surface area (Å²) in [6.45, 7) is 4.65. The lowest BCUT2D eigenvalue weighted by Crippen LogP contribution is -2.31. The Morgan fingerprint density at radius 2 is 1.63 bits per heavy atom. The number of thiazole rings is 1. The highest BCUT2D eigenvalue weighted by Gasteiger charge is 2.30. The van der Waals surface area contributed by atoms with E-state index in [4.69, 9.17) is 4.98 Å². The molecule has 1 aliphatic rings. The third-order valence-electron chi connectivity index (χ3n) is 6.14. The van der Waals surface area contributed by atoms with Crippen LogP contribution in [0.15, 0.2) is 72.8 Å². The molecule has 176 valence electrons. The Morgan fingerprint density at radius 3 is 2.29 bits per heavy atom. The van der Waals surface area contributed by atoms with Crippen LogP contribution < -0.4 is 9.80 Å². The van der Waals surface area contributed by atoms with Crippen LogP contribution in [0.4, 0.5) is 10.8 Å². The molecular weight excluding hydrogens is 458 g/mol. The number of carbonyl (C=O) groups excluding carboxylic acids is 3. The molecule has 1 aliphatic heterocycles. The second kappa shape index (κ2) is 9.43. The number of hydrogen-bond donors (Lipinski definition) is 0. The van der Waals surface area contributed by atoms with Crippen molar-refractivity contribution in [2.75, 3.05) is 9.80 Å². The van der Waals surface area contributed by atoms with Crippen molar-refractivity contribution in [1.82, 2.24) is 4.98 Å². The summed E-state index contributed by atoms with van der Waals surface area (Å²) in [5, 5.41) is 0.635. The molecule has 1 saturated heterocycles. The van der Waals surface area contributed by atoms with Gasteiger partial charge in [-0.05, 0) is 47.4 Å². The fraction of sp³-hybridized carbons (Fsp3) is 0.214. The van der Waals surface area contributed by atoms with Crippen LogP contribution in [0.1, 0.15) is 54.1 Å². The maximum Gasteiger partial charge on any atom is 0.260 e. The highest BCUT2D eigenvalue weighted by molar-refractivity contribution is 7.22. The summed E-state index contributed by atoms with van der Waals surface area (Å²) in [6.07, 6.45) is 0.445. The first-order chi connectivity index (χ1) is 16.9. The third kappa shape index (κ3) is 4.47. The van der Waals surface area contributed by atoms with Crippen LogP contribution in [0.3, 0.4) is 0 Å². The summed E-state index contributed by atoms with van der Waals surface area (Å²) < 4.78 is 1.04. The minimum absolute atomic E-state index is 0.190. The van der Waals surface area contributed by atoms with Crippen LogP contribution in [0.25, 0.3) is 10.2 Å². The molecule has 0 saturated carbocycles. The maximum atomic E-state index is 13.8. The van der Waals surface area contributed by atoms with Gasteiger partial charge in [0.25, 0.3) is 5.91 Å². The lowest BCUT2D eigenvalue weighted by Gasteiger charge is -2.21. The van der Waals surface area contributed by atoms with Crippen molar-refractivity contribution >= 4 is 50.1 Å². The first-order valence-electron chi connectivity index (χ1n) is 11.6. The molecule has 0 aliphatic carbocycles. The second-order valence-electron chi connectivity index (χ2n) is 8.89. The van der Waals surface area contributed by atoms with Gasteiger partial charge >= 0.3 is 0 Å². The van der Waals surface area contributed by atoms with Gasteiger partial charge in [0.15, 0.2) is 5.13 Å². The zero-order valence-electron chi connectivity index (χ0n) is 19.6. The average Bonchev–Trinajstić information content (AvgIpc) is 3.45. The first kappa shape index (κ1) is 22.9. The van der Waals surface area contributed by atoms with E-state index >= 15 is 0 Å². The molecule has 35 heavy (non-hydrogen) atoms. The summed E-state index contributed by atoms with van der Waals surface area (Å²) in [5.41, 5.74) is 4.03. The van der Waals surface area contributed by atoms with Crippen molar-refractivity contribution in [2.24, 2.45) is 0 Å². The Balaban J connectivity index is 1.52. The zero-order chi connectivity index (χ0) is 24.5. The maximum absolute atomic E-state index is 13.8. The number of aromatic nitrogens is 1. The number of benzene rings is 3. The predicted molar refractivity (Wildman–Crippen MR) is 139 cm³/mol. The molecule has 1 fully saturated rings. The first-order valence-corrected chi connectivity index (χ1v) is 12.4. The largest absolute Gasteiger partial charge is 0.279 e. The fourth-order valence-corrected chi connectivity index (χ4v) is 5.30. The van der Waals surface area contributed by atoms with Gasteiger partial charge in [0, 0.05) is 18.4 Å². The van der Waals surface area contributed by atoms with Gasteiger partial charge in [-0.15, -0.1) is 0 Å². The molecule has 0 spiro atoms. The summed E-state index contributed by atoms with van der Waals surface area (Å²) in [6, 6.07) is 22.6. The Hall–Kier alpha value is -3.84. The van der Waals surface area contributed by atoms with Crippen molar-refractivity contribution in [1.29, 1.82) is 0 Å². The second-order valence-corrected chi connectivity index (χ2v) is 9.90. The number of para-hydroxylation sites is 1. The Morgan fingerprint density at radius 1 is 0.943 bits per heavy atom. The molecule has 4 aromatic rings. The number of hydrogen-bond acceptors (Lipinski definition) is 5. The van der Waals surface area contributed by atoms with E-state index in [0.29, 0.717) is 28.8 Å². The normalized spacial score (nSPS) is 13.7. The van der Waals surface area contributed by atoms with E-state index in [2.05, 4.69) is 19.9 Å². The van der Waals surface area contributed by atoms with E-state index in [-0.39, 0.29) is 30.6 Å². The predicted octanol–water partition coefficient (Wildman–Crippen LogP) is 5.92. The molecule has 0 N–H and O–H groups in total. The number of nitrogens with zero attached hydrogens (tertiary/aromatic N) is 3. The van der Waals surface area contributed by atoms with Crippen molar-refractivity contribution in [3.05, 3.63) is 89.5 Å². The lowest BCUT2D eigenvalue weighted by molar-refractivity contribution is -0.121. The number of amides is 3. The number of anilines is 2. The van der Waals surface area contributed by atoms with Crippen molar-refractivity contribution in [3.8, 4) is 0 Å². The molecule has 0 radical (unpaired) electrons. The van der Waals surface area contributed by atoms with E-state index in [0.717, 1.165) is 21.3 Å². The van der Waals surface area contributed by atoms with Crippen LogP contribution in [0.5, 0.6) is 0 Å². The van der Waals surface area contributed by atoms with Gasteiger partial charge in [-0.25, -0.2) is 4.98 Å². The van der Waals surface area contributed by atoms with Gasteiger partial charge in [0.2, 0.25) is 11.8 Å². The van der Waals surface area contributed by atoms with Crippen molar-refractivity contribution in [3.63, 3.8) is 0 Å². The van der Waals surface area contributed by atoms with E-state index in [1.807, 2.05) is 42.5 Å². The number of fused-ring (bicyclic) bond motifs is 1. The number of imide groups is 1. The lowest BCUT2D eigenvalue weighted by atomic mass is 10.0. The molecule has 7 heteroatoms. The third-order valence-corrected chi connectivity index (χ3v) is 7.19. The summed E-state index contributed by atoms with van der Waals surface area (Å²) in [7, 11) is 0. The van der Waals surface area contributed by atoms with Crippen LogP contribution in [0.2, 0.25) is 0 Å². The molecule has 0 bridgehead atoms. The molecule has 1 aromatic heterocycles. The Labute approximate surface area is 207 Å². The van der Waals surface area contributed by atoms with Crippen molar-refractivity contribution in [2.45, 2.75) is 39.2 Å². The van der Waals surface area contributed by atoms with Gasteiger partial charge < -0.3 is 0 Å².